The third kappa shape index (κ3) is 7.52. The smallest absolute Gasteiger partial charge is 0.264 e. The number of carbonyl (C=O) groups excluding carboxylic acids is 1. The van der Waals surface area contributed by atoms with Crippen molar-refractivity contribution in [1.82, 2.24) is 14.5 Å². The van der Waals surface area contributed by atoms with Crippen LogP contribution < -0.4 is 14.4 Å². The molecule has 2 bridgehead atoms. The van der Waals surface area contributed by atoms with E-state index in [1.165, 1.54) is 11.1 Å². The normalized spacial score (nSPS) is 34.3. The molecule has 1 amide bonds. The van der Waals surface area contributed by atoms with Crippen LogP contribution in [-0.4, -0.2) is 100 Å². The Bertz CT molecular complexity index is 1820. The Hall–Kier alpha value is -2.63. The van der Waals surface area contributed by atoms with Gasteiger partial charge in [-0.15, -0.1) is 0 Å². The van der Waals surface area contributed by atoms with Crippen molar-refractivity contribution in [1.29, 1.82) is 0 Å². The third-order valence-corrected chi connectivity index (χ3v) is 15.7. The van der Waals surface area contributed by atoms with Crippen molar-refractivity contribution < 1.29 is 22.7 Å². The van der Waals surface area contributed by atoms with Crippen LogP contribution in [0, 0.1) is 17.8 Å². The lowest BCUT2D eigenvalue weighted by Gasteiger charge is -2.53. The van der Waals surface area contributed by atoms with Gasteiger partial charge in [0.05, 0.1) is 17.5 Å². The molecule has 2 aliphatic carbocycles. The first-order valence-electron chi connectivity index (χ1n) is 19.8. The molecule has 0 radical (unpaired) electrons. The summed E-state index contributed by atoms with van der Waals surface area (Å²) in [6.07, 6.45) is 10.1. The minimum Gasteiger partial charge on any atom is -0.490 e. The van der Waals surface area contributed by atoms with E-state index >= 15 is 0 Å². The summed E-state index contributed by atoms with van der Waals surface area (Å²) in [6, 6.07) is 12.6. The topological polar surface area (TPSA) is 91.4 Å². The maximum atomic E-state index is 13.7. The zero-order valence-corrected chi connectivity index (χ0v) is 34.0. The molecule has 9 nitrogen and oxygen atoms in total. The van der Waals surface area contributed by atoms with Crippen molar-refractivity contribution in [3.63, 3.8) is 0 Å². The number of nitrogens with one attached hydrogen (secondary N) is 1. The average molecular weight is 767 g/mol. The van der Waals surface area contributed by atoms with Gasteiger partial charge < -0.3 is 14.4 Å². The van der Waals surface area contributed by atoms with Crippen LogP contribution in [0.5, 0.6) is 5.75 Å². The fraction of sp³-hybridized carbons (Fsp3) is 0.643. The fourth-order valence-electron chi connectivity index (χ4n) is 10.1. The number of hydrogen-bond acceptors (Lipinski definition) is 8. The number of carbonyl (C=O) groups is 1. The van der Waals surface area contributed by atoms with Crippen molar-refractivity contribution in [2.24, 2.45) is 17.8 Å². The number of piperazine rings is 1. The molecule has 7 rings (SSSR count). The Morgan fingerprint density at radius 2 is 1.89 bits per heavy atom. The van der Waals surface area contributed by atoms with Crippen molar-refractivity contribution in [2.45, 2.75) is 101 Å². The van der Waals surface area contributed by atoms with Crippen LogP contribution in [0.3, 0.4) is 0 Å². The van der Waals surface area contributed by atoms with Crippen molar-refractivity contribution >= 4 is 33.2 Å². The lowest BCUT2D eigenvalue weighted by atomic mass is 9.63. The number of hydrogen-bond donors (Lipinski definition) is 1. The van der Waals surface area contributed by atoms with Gasteiger partial charge in [-0.1, -0.05) is 36.7 Å². The lowest BCUT2D eigenvalue weighted by Crippen LogP contribution is -2.61. The van der Waals surface area contributed by atoms with E-state index in [0.717, 1.165) is 87.8 Å². The molecule has 290 valence electrons. The van der Waals surface area contributed by atoms with E-state index < -0.39 is 26.8 Å². The van der Waals surface area contributed by atoms with Crippen LogP contribution in [-0.2, 0) is 26.6 Å². The predicted octanol–water partition coefficient (Wildman–Crippen LogP) is 6.68. The van der Waals surface area contributed by atoms with Crippen LogP contribution >= 0.6 is 11.6 Å². The Labute approximate surface area is 322 Å². The molecule has 2 aromatic carbocycles. The summed E-state index contributed by atoms with van der Waals surface area (Å²) < 4.78 is 43.1. The van der Waals surface area contributed by atoms with Gasteiger partial charge in [0.15, 0.2) is 0 Å². The van der Waals surface area contributed by atoms with Crippen LogP contribution in [0.1, 0.15) is 88.2 Å². The largest absolute Gasteiger partial charge is 0.490 e. The Balaban J connectivity index is 1.29. The van der Waals surface area contributed by atoms with Crippen molar-refractivity contribution in [2.75, 3.05) is 57.9 Å². The van der Waals surface area contributed by atoms with Crippen LogP contribution in [0.15, 0.2) is 48.6 Å². The number of methoxy groups -OCH3 is 1. The minimum absolute atomic E-state index is 0.216. The highest BCUT2D eigenvalue weighted by atomic mass is 35.5. The number of allylic oxidation sites excluding steroid dienone is 1. The first kappa shape index (κ1) is 38.6. The molecule has 1 saturated heterocycles. The monoisotopic (exact) mass is 766 g/mol. The van der Waals surface area contributed by atoms with Crippen LogP contribution in [0.25, 0.3) is 0 Å². The molecule has 3 heterocycles. The zero-order chi connectivity index (χ0) is 37.7. The Morgan fingerprint density at radius 3 is 2.60 bits per heavy atom. The summed E-state index contributed by atoms with van der Waals surface area (Å²) in [5.41, 5.74) is 2.91. The van der Waals surface area contributed by atoms with E-state index in [0.29, 0.717) is 36.6 Å². The molecule has 5 aliphatic rings. The highest BCUT2D eigenvalue weighted by Gasteiger charge is 2.50. The Kier molecular flexibility index (Phi) is 11.0. The number of sulfonamides is 1. The number of anilines is 1. The van der Waals surface area contributed by atoms with E-state index in [4.69, 9.17) is 21.1 Å². The van der Waals surface area contributed by atoms with Gasteiger partial charge in [0, 0.05) is 74.5 Å². The SMILES string of the molecule is CO[C@]1(CN2CCN(C(C)C)[C@H](C)C2)/C=C/C[C@H](C)[C@@H](C)S(=O)(=O)NC(=O)c2ccc3c(c2)N(C[C@@H]2CC[C@H]21)C[C@@]1(CCCc2cc(Cl)ccc21)CO3. The summed E-state index contributed by atoms with van der Waals surface area (Å²) in [5, 5.41) is -0.0259. The summed E-state index contributed by atoms with van der Waals surface area (Å²) >= 11 is 6.51. The second kappa shape index (κ2) is 15.1. The van der Waals surface area contributed by atoms with Gasteiger partial charge in [-0.05, 0) is 125 Å². The molecule has 2 fully saturated rings. The minimum atomic E-state index is -3.95. The molecule has 7 atom stereocenters. The molecule has 0 unspecified atom stereocenters. The van der Waals surface area contributed by atoms with Crippen molar-refractivity contribution in [3.8, 4) is 5.75 Å². The average Bonchev–Trinajstić information content (AvgIpc) is 3.25. The second-order valence-corrected chi connectivity index (χ2v) is 19.6. The van der Waals surface area contributed by atoms with Gasteiger partial charge in [-0.3, -0.25) is 14.6 Å². The number of halogens is 1. The van der Waals surface area contributed by atoms with Gasteiger partial charge in [0.2, 0.25) is 10.0 Å². The molecule has 3 aliphatic heterocycles. The number of ether oxygens (including phenoxy) is 2. The van der Waals surface area contributed by atoms with E-state index in [9.17, 15) is 13.2 Å². The number of benzene rings is 2. The molecular formula is C42H59ClN4O5S. The van der Waals surface area contributed by atoms with Gasteiger partial charge in [-0.25, -0.2) is 13.1 Å². The first-order valence-corrected chi connectivity index (χ1v) is 21.7. The van der Waals surface area contributed by atoms with Gasteiger partial charge >= 0.3 is 0 Å². The van der Waals surface area contributed by atoms with E-state index in [1.807, 2.05) is 32.2 Å². The fourth-order valence-corrected chi connectivity index (χ4v) is 11.6. The number of nitrogens with zero attached hydrogens (tertiary/aromatic N) is 3. The van der Waals surface area contributed by atoms with Crippen LogP contribution in [0.2, 0.25) is 5.02 Å². The first-order chi connectivity index (χ1) is 25.2. The highest BCUT2D eigenvalue weighted by molar-refractivity contribution is 7.90. The highest BCUT2D eigenvalue weighted by Crippen LogP contribution is 2.49. The molecule has 11 heteroatoms. The van der Waals surface area contributed by atoms with Crippen LogP contribution in [0.4, 0.5) is 5.69 Å². The van der Waals surface area contributed by atoms with E-state index in [-0.39, 0.29) is 17.3 Å². The van der Waals surface area contributed by atoms with E-state index in [2.05, 4.69) is 64.5 Å². The summed E-state index contributed by atoms with van der Waals surface area (Å²) in [7, 11) is -2.09. The summed E-state index contributed by atoms with van der Waals surface area (Å²) in [6.45, 7) is 16.3. The number of amides is 1. The quantitative estimate of drug-likeness (QED) is 0.345. The number of fused-ring (bicyclic) bond motifs is 4. The molecular weight excluding hydrogens is 708 g/mol. The molecule has 1 saturated carbocycles. The zero-order valence-electron chi connectivity index (χ0n) is 32.4. The number of rotatable bonds is 4. The van der Waals surface area contributed by atoms with E-state index in [1.54, 1.807) is 13.0 Å². The van der Waals surface area contributed by atoms with Crippen molar-refractivity contribution in [3.05, 3.63) is 70.3 Å². The van der Waals surface area contributed by atoms with Gasteiger partial charge in [0.25, 0.3) is 5.91 Å². The lowest BCUT2D eigenvalue weighted by molar-refractivity contribution is -0.0992. The third-order valence-electron chi connectivity index (χ3n) is 13.5. The van der Waals surface area contributed by atoms with Gasteiger partial charge in [0.1, 0.15) is 11.4 Å². The molecule has 53 heavy (non-hydrogen) atoms. The molecule has 1 spiro atoms. The maximum Gasteiger partial charge on any atom is 0.264 e. The predicted molar refractivity (Wildman–Crippen MR) is 213 cm³/mol. The maximum absolute atomic E-state index is 13.7. The number of aryl methyl sites for hydroxylation is 1. The summed E-state index contributed by atoms with van der Waals surface area (Å²) in [5.74, 6) is 0.492. The molecule has 2 aromatic rings. The standard InChI is InChI=1S/C42H59ClN4O5S/c1-28(2)47-20-19-45(23-30(47)4)26-42(51-6)18-7-9-29(3)31(5)53(49,50)44-40(48)33-12-16-39-38(22-33)46(24-34-11-14-37(34)42)25-41(27-52-39)17-8-10-32-21-35(43)13-15-36(32)41/h7,12-13,15-16,18,21-22,28-31,34,37H,8-11,14,17,19-20,23-27H2,1-6H3,(H,44,48)/b18-7+/t29-,30+,31+,34-,37+,41-,42-/m0/s1. The Morgan fingerprint density at radius 1 is 1.08 bits per heavy atom. The summed E-state index contributed by atoms with van der Waals surface area (Å²) in [4.78, 5) is 21.3. The second-order valence-electron chi connectivity index (χ2n) is 17.1. The van der Waals surface area contributed by atoms with Gasteiger partial charge in [-0.2, -0.15) is 0 Å². The molecule has 1 N–H and O–H groups in total. The molecule has 0 aromatic heterocycles.